The summed E-state index contributed by atoms with van der Waals surface area (Å²) in [5.41, 5.74) is 5.00. The molecule has 3 aliphatic rings. The number of likely N-dealkylation sites (tertiary alicyclic amines) is 1. The van der Waals surface area contributed by atoms with Crippen LogP contribution in [-0.2, 0) is 19.9 Å². The number of rotatable bonds is 8. The van der Waals surface area contributed by atoms with Gasteiger partial charge in [0.05, 0.1) is 29.1 Å². The minimum Gasteiger partial charge on any atom is -0.383 e. The van der Waals surface area contributed by atoms with Crippen LogP contribution in [0.2, 0.25) is 0 Å². The van der Waals surface area contributed by atoms with Gasteiger partial charge in [0.25, 0.3) is 0 Å². The lowest BCUT2D eigenvalue weighted by Crippen LogP contribution is -2.52. The van der Waals surface area contributed by atoms with Gasteiger partial charge < -0.3 is 19.3 Å². The van der Waals surface area contributed by atoms with E-state index in [-0.39, 0.29) is 11.5 Å². The van der Waals surface area contributed by atoms with E-state index in [4.69, 9.17) is 14.5 Å². The molecule has 3 aromatic heterocycles. The summed E-state index contributed by atoms with van der Waals surface area (Å²) in [5.74, 6) is 1.29. The first-order chi connectivity index (χ1) is 19.9. The standard InChI is InChI=1S/C32H44N6O3/c1-23-17-25(18-23)31(39)37-15-13-36(14-16-37)29-7-10-34-38-21-26(19-30(29)38)28-6-5-27(20-33-28)32(41-4)8-11-35(12-9-32)24(2)22-40-3/h5-7,10,19-21,23-25H,8-9,11-18,22H2,1-4H3/t23-,24-,25-/m1/s1. The molecule has 9 heteroatoms. The summed E-state index contributed by atoms with van der Waals surface area (Å²) < 4.78 is 13.4. The van der Waals surface area contributed by atoms with E-state index in [1.165, 1.54) is 0 Å². The van der Waals surface area contributed by atoms with E-state index in [1.807, 2.05) is 24.0 Å². The van der Waals surface area contributed by atoms with E-state index in [0.717, 1.165) is 99.6 Å². The van der Waals surface area contributed by atoms with Gasteiger partial charge in [0.15, 0.2) is 0 Å². The quantitative estimate of drug-likeness (QED) is 0.411. The second-order valence-electron chi connectivity index (χ2n) is 12.3. The van der Waals surface area contributed by atoms with Crippen molar-refractivity contribution in [2.75, 3.05) is 65.0 Å². The van der Waals surface area contributed by atoms with Crippen LogP contribution in [0.25, 0.3) is 16.8 Å². The fourth-order valence-corrected chi connectivity index (χ4v) is 7.05. The topological polar surface area (TPSA) is 75.4 Å². The summed E-state index contributed by atoms with van der Waals surface area (Å²) in [5, 5.41) is 4.59. The van der Waals surface area contributed by atoms with Gasteiger partial charge in [-0.15, -0.1) is 0 Å². The summed E-state index contributed by atoms with van der Waals surface area (Å²) in [7, 11) is 3.58. The maximum atomic E-state index is 12.8. The number of carbonyl (C=O) groups is 1. The number of hydrogen-bond donors (Lipinski definition) is 0. The van der Waals surface area contributed by atoms with Crippen LogP contribution in [0.4, 0.5) is 5.69 Å². The van der Waals surface area contributed by atoms with Gasteiger partial charge in [-0.05, 0) is 56.7 Å². The average Bonchev–Trinajstić information content (AvgIpc) is 3.44. The lowest BCUT2D eigenvalue weighted by atomic mass is 9.75. The Morgan fingerprint density at radius 1 is 1.07 bits per heavy atom. The van der Waals surface area contributed by atoms with Crippen molar-refractivity contribution in [3.05, 3.63) is 48.4 Å². The zero-order valence-corrected chi connectivity index (χ0v) is 25.0. The molecule has 2 saturated heterocycles. The van der Waals surface area contributed by atoms with Crippen molar-refractivity contribution in [3.63, 3.8) is 0 Å². The Labute approximate surface area is 243 Å². The molecule has 0 spiro atoms. The molecule has 9 nitrogen and oxygen atoms in total. The van der Waals surface area contributed by atoms with Crippen LogP contribution in [0, 0.1) is 11.8 Å². The van der Waals surface area contributed by atoms with E-state index in [0.29, 0.717) is 17.9 Å². The summed E-state index contributed by atoms with van der Waals surface area (Å²) in [6.07, 6.45) is 9.86. The molecule has 0 radical (unpaired) electrons. The molecule has 1 atom stereocenters. The van der Waals surface area contributed by atoms with Crippen molar-refractivity contribution in [1.82, 2.24) is 24.4 Å². The third-order valence-corrected chi connectivity index (χ3v) is 9.75. The lowest BCUT2D eigenvalue weighted by Gasteiger charge is -2.43. The number of aromatic nitrogens is 3. The highest BCUT2D eigenvalue weighted by atomic mass is 16.5. The highest BCUT2D eigenvalue weighted by Gasteiger charge is 2.38. The molecular formula is C32H44N6O3. The summed E-state index contributed by atoms with van der Waals surface area (Å²) in [6, 6.07) is 8.95. The minimum atomic E-state index is -0.310. The molecule has 220 valence electrons. The molecule has 0 unspecified atom stereocenters. The molecule has 1 amide bonds. The number of piperidine rings is 1. The fraction of sp³-hybridized carbons (Fsp3) is 0.594. The van der Waals surface area contributed by atoms with Gasteiger partial charge >= 0.3 is 0 Å². The molecule has 6 rings (SSSR count). The predicted octanol–water partition coefficient (Wildman–Crippen LogP) is 4.06. The maximum absolute atomic E-state index is 12.8. The number of anilines is 1. The van der Waals surface area contributed by atoms with Crippen molar-refractivity contribution in [2.24, 2.45) is 11.8 Å². The van der Waals surface area contributed by atoms with Crippen molar-refractivity contribution >= 4 is 17.1 Å². The highest BCUT2D eigenvalue weighted by Crippen LogP contribution is 2.38. The van der Waals surface area contributed by atoms with Crippen LogP contribution in [0.15, 0.2) is 42.9 Å². The van der Waals surface area contributed by atoms with E-state index in [1.54, 1.807) is 7.11 Å². The monoisotopic (exact) mass is 560 g/mol. The van der Waals surface area contributed by atoms with Gasteiger partial charge in [-0.2, -0.15) is 5.10 Å². The van der Waals surface area contributed by atoms with Gasteiger partial charge in [-0.3, -0.25) is 14.7 Å². The van der Waals surface area contributed by atoms with Gasteiger partial charge in [0.1, 0.15) is 0 Å². The number of methoxy groups -OCH3 is 2. The van der Waals surface area contributed by atoms with Gasteiger partial charge in [-0.25, -0.2) is 4.52 Å². The predicted molar refractivity (Wildman–Crippen MR) is 160 cm³/mol. The van der Waals surface area contributed by atoms with Crippen LogP contribution in [0.1, 0.15) is 45.1 Å². The van der Waals surface area contributed by atoms with Crippen molar-refractivity contribution in [3.8, 4) is 11.3 Å². The minimum absolute atomic E-state index is 0.243. The van der Waals surface area contributed by atoms with Crippen molar-refractivity contribution in [2.45, 2.75) is 51.2 Å². The van der Waals surface area contributed by atoms with Crippen LogP contribution in [0.3, 0.4) is 0 Å². The molecule has 3 aromatic rings. The summed E-state index contributed by atoms with van der Waals surface area (Å²) >= 11 is 0. The normalized spacial score (nSPS) is 23.9. The number of ether oxygens (including phenoxy) is 2. The maximum Gasteiger partial charge on any atom is 0.225 e. The van der Waals surface area contributed by atoms with Gasteiger partial charge in [0, 0.05) is 95.2 Å². The van der Waals surface area contributed by atoms with Crippen molar-refractivity contribution in [1.29, 1.82) is 0 Å². The Morgan fingerprint density at radius 3 is 2.46 bits per heavy atom. The Bertz CT molecular complexity index is 1340. The third-order valence-electron chi connectivity index (χ3n) is 9.75. The fourth-order valence-electron chi connectivity index (χ4n) is 7.05. The molecule has 5 heterocycles. The van der Waals surface area contributed by atoms with E-state index in [2.05, 4.69) is 64.1 Å². The zero-order chi connectivity index (χ0) is 28.6. The van der Waals surface area contributed by atoms with Crippen LogP contribution in [0.5, 0.6) is 0 Å². The van der Waals surface area contributed by atoms with E-state index in [9.17, 15) is 4.79 Å². The second kappa shape index (κ2) is 11.7. The molecule has 3 fully saturated rings. The Balaban J connectivity index is 1.14. The highest BCUT2D eigenvalue weighted by molar-refractivity contribution is 5.81. The Kier molecular flexibility index (Phi) is 8.03. The molecule has 1 aliphatic carbocycles. The first-order valence-corrected chi connectivity index (χ1v) is 15.2. The summed E-state index contributed by atoms with van der Waals surface area (Å²) in [6.45, 7) is 10.4. The number of fused-ring (bicyclic) bond motifs is 1. The zero-order valence-electron chi connectivity index (χ0n) is 25.0. The number of carbonyl (C=O) groups excluding carboxylic acids is 1. The summed E-state index contributed by atoms with van der Waals surface area (Å²) in [4.78, 5) is 24.7. The SMILES string of the molecule is COC[C@@H](C)N1CCC(OC)(c2ccc(-c3cc4c(N5CCN(C(=O)[C@H]6C[C@H](C)C6)CC5)ccnn4c3)nc2)CC1. The van der Waals surface area contributed by atoms with E-state index < -0.39 is 0 Å². The first kappa shape index (κ1) is 28.1. The molecule has 1 saturated carbocycles. The van der Waals surface area contributed by atoms with Crippen LogP contribution < -0.4 is 4.90 Å². The molecular weight excluding hydrogens is 516 g/mol. The number of nitrogens with zero attached hydrogens (tertiary/aromatic N) is 6. The van der Waals surface area contributed by atoms with Gasteiger partial charge in [-0.1, -0.05) is 13.0 Å². The largest absolute Gasteiger partial charge is 0.383 e. The molecule has 0 bridgehead atoms. The Morgan fingerprint density at radius 2 is 1.83 bits per heavy atom. The molecule has 2 aliphatic heterocycles. The van der Waals surface area contributed by atoms with E-state index >= 15 is 0 Å². The number of hydrogen-bond acceptors (Lipinski definition) is 7. The van der Waals surface area contributed by atoms with Crippen LogP contribution >= 0.6 is 0 Å². The third kappa shape index (κ3) is 5.47. The molecule has 0 aromatic carbocycles. The number of amides is 1. The molecule has 41 heavy (non-hydrogen) atoms. The smallest absolute Gasteiger partial charge is 0.225 e. The van der Waals surface area contributed by atoms with Crippen molar-refractivity contribution < 1.29 is 14.3 Å². The van der Waals surface area contributed by atoms with Gasteiger partial charge in [0.2, 0.25) is 5.91 Å². The number of pyridine rings is 1. The second-order valence-corrected chi connectivity index (χ2v) is 12.3. The number of piperazine rings is 1. The lowest BCUT2D eigenvalue weighted by molar-refractivity contribution is -0.140. The van der Waals surface area contributed by atoms with Crippen LogP contribution in [-0.4, -0.2) is 96.4 Å². The Hall–Kier alpha value is -3.01. The first-order valence-electron chi connectivity index (χ1n) is 15.2. The molecule has 0 N–H and O–H groups in total. The average molecular weight is 561 g/mol.